The van der Waals surface area contributed by atoms with Gasteiger partial charge in [0, 0.05) is 26.7 Å². The van der Waals surface area contributed by atoms with Gasteiger partial charge in [-0.2, -0.15) is 0 Å². The quantitative estimate of drug-likeness (QED) is 0.683. The zero-order valence-corrected chi connectivity index (χ0v) is 9.75. The molecule has 0 bridgehead atoms. The van der Waals surface area contributed by atoms with Crippen LogP contribution < -0.4 is 0 Å². The summed E-state index contributed by atoms with van der Waals surface area (Å²) in [7, 11) is 1.79. The van der Waals surface area contributed by atoms with Crippen molar-refractivity contribution in [3.63, 3.8) is 0 Å². The number of hydrogen-bond acceptors (Lipinski definition) is 2. The van der Waals surface area contributed by atoms with E-state index in [1.807, 2.05) is 0 Å². The van der Waals surface area contributed by atoms with Gasteiger partial charge in [0.05, 0.1) is 6.61 Å². The Morgan fingerprint density at radius 2 is 2.00 bits per heavy atom. The second-order valence-electron chi connectivity index (χ2n) is 5.62. The van der Waals surface area contributed by atoms with Gasteiger partial charge in [-0.3, -0.25) is 4.90 Å². The van der Waals surface area contributed by atoms with Crippen molar-refractivity contribution in [2.75, 3.05) is 33.4 Å². The van der Waals surface area contributed by atoms with Crippen molar-refractivity contribution in [2.24, 2.45) is 17.3 Å². The van der Waals surface area contributed by atoms with Gasteiger partial charge in [-0.05, 0) is 30.1 Å². The van der Waals surface area contributed by atoms with Crippen LogP contribution in [0.25, 0.3) is 0 Å². The summed E-state index contributed by atoms with van der Waals surface area (Å²) in [4.78, 5) is 2.53. The number of methoxy groups -OCH3 is 1. The maximum absolute atomic E-state index is 5.09. The third kappa shape index (κ3) is 1.82. The summed E-state index contributed by atoms with van der Waals surface area (Å²) < 4.78 is 5.09. The molecule has 82 valence electrons. The molecule has 0 aromatic heterocycles. The maximum Gasteiger partial charge on any atom is 0.0589 e. The van der Waals surface area contributed by atoms with Crippen LogP contribution in [0.4, 0.5) is 0 Å². The van der Waals surface area contributed by atoms with Crippen LogP contribution in [0, 0.1) is 17.3 Å². The van der Waals surface area contributed by atoms with Gasteiger partial charge in [0.15, 0.2) is 0 Å². The molecular formula is C12H23NO. The molecule has 0 atom stereocenters. The van der Waals surface area contributed by atoms with Gasteiger partial charge < -0.3 is 4.74 Å². The van der Waals surface area contributed by atoms with Gasteiger partial charge in [0.1, 0.15) is 0 Å². The topological polar surface area (TPSA) is 12.5 Å². The van der Waals surface area contributed by atoms with Gasteiger partial charge >= 0.3 is 0 Å². The predicted octanol–water partition coefficient (Wildman–Crippen LogP) is 2.00. The van der Waals surface area contributed by atoms with Crippen LogP contribution >= 0.6 is 0 Å². The number of likely N-dealkylation sites (tertiary alicyclic amines) is 1. The van der Waals surface area contributed by atoms with Crippen molar-refractivity contribution >= 4 is 0 Å². The molecule has 0 aromatic carbocycles. The Morgan fingerprint density at radius 1 is 1.36 bits per heavy atom. The molecule has 2 rings (SSSR count). The van der Waals surface area contributed by atoms with Crippen LogP contribution in [-0.4, -0.2) is 38.3 Å². The number of ether oxygens (including phenoxy) is 1. The highest BCUT2D eigenvalue weighted by Gasteiger charge is 2.52. The highest BCUT2D eigenvalue weighted by molar-refractivity contribution is 5.04. The first kappa shape index (κ1) is 10.4. The first-order chi connectivity index (χ1) is 6.65. The molecule has 0 aromatic rings. The van der Waals surface area contributed by atoms with Gasteiger partial charge in [-0.1, -0.05) is 13.8 Å². The van der Waals surface area contributed by atoms with Crippen LogP contribution in [-0.2, 0) is 4.74 Å². The first-order valence-corrected chi connectivity index (χ1v) is 5.86. The summed E-state index contributed by atoms with van der Waals surface area (Å²) in [6.07, 6.45) is 2.96. The van der Waals surface area contributed by atoms with Crippen LogP contribution in [0.5, 0.6) is 0 Å². The van der Waals surface area contributed by atoms with Crippen molar-refractivity contribution in [3.8, 4) is 0 Å². The van der Waals surface area contributed by atoms with Crippen molar-refractivity contribution in [2.45, 2.75) is 26.7 Å². The normalized spacial score (nSPS) is 26.6. The highest BCUT2D eigenvalue weighted by Crippen LogP contribution is 2.53. The molecule has 2 heteroatoms. The van der Waals surface area contributed by atoms with Crippen LogP contribution in [0.1, 0.15) is 26.7 Å². The lowest BCUT2D eigenvalue weighted by molar-refractivity contribution is -0.110. The second-order valence-corrected chi connectivity index (χ2v) is 5.62. The fraction of sp³-hybridized carbons (Fsp3) is 1.00. The minimum atomic E-state index is 0.739. The minimum absolute atomic E-state index is 0.739. The number of hydrogen-bond donors (Lipinski definition) is 0. The van der Waals surface area contributed by atoms with E-state index >= 15 is 0 Å². The van der Waals surface area contributed by atoms with Gasteiger partial charge in [-0.15, -0.1) is 0 Å². The number of nitrogens with zero attached hydrogens (tertiary/aromatic N) is 1. The molecule has 2 fully saturated rings. The average Bonchev–Trinajstić information content (AvgIpc) is 1.98. The van der Waals surface area contributed by atoms with Gasteiger partial charge in [-0.25, -0.2) is 0 Å². The maximum atomic E-state index is 5.09. The van der Waals surface area contributed by atoms with Crippen molar-refractivity contribution in [1.82, 2.24) is 4.90 Å². The lowest BCUT2D eigenvalue weighted by atomic mass is 9.55. The van der Waals surface area contributed by atoms with E-state index in [2.05, 4.69) is 18.7 Å². The molecule has 0 amide bonds. The Kier molecular flexibility index (Phi) is 2.85. The van der Waals surface area contributed by atoms with E-state index in [4.69, 9.17) is 4.74 Å². The Hall–Kier alpha value is -0.0800. The molecule has 14 heavy (non-hydrogen) atoms. The van der Waals surface area contributed by atoms with Crippen molar-refractivity contribution in [1.29, 1.82) is 0 Å². The molecule has 0 radical (unpaired) electrons. The highest BCUT2D eigenvalue weighted by atomic mass is 16.5. The lowest BCUT2D eigenvalue weighted by Crippen LogP contribution is -2.63. The molecule has 1 heterocycles. The number of rotatable bonds is 4. The summed E-state index contributed by atoms with van der Waals surface area (Å²) in [6.45, 7) is 9.41. The molecule has 1 aliphatic carbocycles. The summed E-state index contributed by atoms with van der Waals surface area (Å²) in [5, 5.41) is 0. The molecule has 1 saturated heterocycles. The molecule has 1 spiro atoms. The van der Waals surface area contributed by atoms with Gasteiger partial charge in [0.25, 0.3) is 0 Å². The Morgan fingerprint density at radius 3 is 2.50 bits per heavy atom. The largest absolute Gasteiger partial charge is 0.383 e. The third-order valence-corrected chi connectivity index (χ3v) is 4.06. The first-order valence-electron chi connectivity index (χ1n) is 5.86. The summed E-state index contributed by atoms with van der Waals surface area (Å²) in [5.74, 6) is 1.91. The van der Waals surface area contributed by atoms with Crippen LogP contribution in [0.3, 0.4) is 0 Å². The third-order valence-electron chi connectivity index (χ3n) is 4.06. The van der Waals surface area contributed by atoms with E-state index in [9.17, 15) is 0 Å². The molecule has 0 N–H and O–H groups in total. The Bertz CT molecular complexity index is 188. The molecule has 1 saturated carbocycles. The zero-order chi connectivity index (χ0) is 10.2. The van der Waals surface area contributed by atoms with E-state index in [0.29, 0.717) is 0 Å². The molecule has 2 aliphatic rings. The Balaban J connectivity index is 1.64. The fourth-order valence-corrected chi connectivity index (χ4v) is 3.06. The van der Waals surface area contributed by atoms with E-state index in [1.165, 1.54) is 25.9 Å². The standard InChI is InChI=1S/C12H23NO/c1-10(2)11-6-12(7-11)8-13(9-12)4-5-14-3/h10-11H,4-9H2,1-3H3. The molecule has 2 nitrogen and oxygen atoms in total. The average molecular weight is 197 g/mol. The van der Waals surface area contributed by atoms with E-state index in [0.717, 1.165) is 30.4 Å². The van der Waals surface area contributed by atoms with Gasteiger partial charge in [0.2, 0.25) is 0 Å². The van der Waals surface area contributed by atoms with E-state index in [-0.39, 0.29) is 0 Å². The Labute approximate surface area is 87.6 Å². The van der Waals surface area contributed by atoms with E-state index in [1.54, 1.807) is 7.11 Å². The lowest BCUT2D eigenvalue weighted by Gasteiger charge is -2.60. The van der Waals surface area contributed by atoms with Crippen molar-refractivity contribution in [3.05, 3.63) is 0 Å². The molecular weight excluding hydrogens is 174 g/mol. The monoisotopic (exact) mass is 197 g/mol. The fourth-order valence-electron chi connectivity index (χ4n) is 3.06. The summed E-state index contributed by atoms with van der Waals surface area (Å²) in [6, 6.07) is 0. The minimum Gasteiger partial charge on any atom is -0.383 e. The molecule has 0 unspecified atom stereocenters. The predicted molar refractivity (Wildman–Crippen MR) is 58.3 cm³/mol. The van der Waals surface area contributed by atoms with Crippen LogP contribution in [0.15, 0.2) is 0 Å². The smallest absolute Gasteiger partial charge is 0.0589 e. The summed E-state index contributed by atoms with van der Waals surface area (Å²) >= 11 is 0. The van der Waals surface area contributed by atoms with E-state index < -0.39 is 0 Å². The second kappa shape index (κ2) is 3.82. The SMILES string of the molecule is COCCN1CC2(CC(C(C)C)C2)C1. The van der Waals surface area contributed by atoms with Crippen molar-refractivity contribution < 1.29 is 4.74 Å². The van der Waals surface area contributed by atoms with Crippen LogP contribution in [0.2, 0.25) is 0 Å². The summed E-state index contributed by atoms with van der Waals surface area (Å²) in [5.41, 5.74) is 0.739. The zero-order valence-electron chi connectivity index (χ0n) is 9.75. The molecule has 1 aliphatic heterocycles.